The molecule has 1 aromatic heterocycles. The monoisotopic (exact) mass is 433 g/mol. The van der Waals surface area contributed by atoms with Gasteiger partial charge in [-0.1, -0.05) is 42.5 Å². The number of hydrogen-bond donors (Lipinski definition) is 3. The average Bonchev–Trinajstić information content (AvgIpc) is 3.45. The highest BCUT2D eigenvalue weighted by Gasteiger charge is 2.43. The summed E-state index contributed by atoms with van der Waals surface area (Å²) in [4.78, 5) is 19.1. The fourth-order valence-corrected chi connectivity index (χ4v) is 3.87. The highest BCUT2D eigenvalue weighted by Crippen LogP contribution is 2.39. The number of hydrogen-bond acceptors (Lipinski definition) is 4. The number of imidazole rings is 1. The summed E-state index contributed by atoms with van der Waals surface area (Å²) in [6.07, 6.45) is -0.613. The van der Waals surface area contributed by atoms with Gasteiger partial charge in [0.1, 0.15) is 11.4 Å². The molecule has 1 saturated carbocycles. The Morgan fingerprint density at radius 1 is 1.16 bits per heavy atom. The van der Waals surface area contributed by atoms with Crippen LogP contribution in [0, 0.1) is 0 Å². The molecule has 5 rings (SSSR count). The molecule has 0 spiro atoms. The zero-order valence-electron chi connectivity index (χ0n) is 16.6. The molecule has 0 atom stereocenters. The van der Waals surface area contributed by atoms with E-state index < -0.39 is 17.7 Å². The minimum atomic E-state index is -5.08. The lowest BCUT2D eigenvalue weighted by Gasteiger charge is -2.47. The van der Waals surface area contributed by atoms with Crippen LogP contribution in [0.1, 0.15) is 35.8 Å². The molecular weight excluding hydrogens is 411 g/mol. The van der Waals surface area contributed by atoms with E-state index in [1.54, 1.807) is 0 Å². The number of alkyl halides is 3. The van der Waals surface area contributed by atoms with Crippen molar-refractivity contribution in [1.29, 1.82) is 0 Å². The van der Waals surface area contributed by atoms with Crippen molar-refractivity contribution in [1.82, 2.24) is 14.9 Å². The lowest BCUT2D eigenvalue weighted by Crippen LogP contribution is -2.58. The highest BCUT2D eigenvalue weighted by molar-refractivity contribution is 5.86. The van der Waals surface area contributed by atoms with Crippen LogP contribution in [0.5, 0.6) is 0 Å². The smallest absolute Gasteiger partial charge is 0.475 e. The van der Waals surface area contributed by atoms with Crippen LogP contribution in [0.25, 0.3) is 10.8 Å². The number of aromatic amines is 1. The van der Waals surface area contributed by atoms with Crippen molar-refractivity contribution in [3.8, 4) is 0 Å². The van der Waals surface area contributed by atoms with Crippen molar-refractivity contribution < 1.29 is 28.2 Å². The molecule has 9 heteroatoms. The van der Waals surface area contributed by atoms with E-state index >= 15 is 0 Å². The Labute approximate surface area is 176 Å². The fourth-order valence-electron chi connectivity index (χ4n) is 3.87. The second-order valence-electron chi connectivity index (χ2n) is 8.07. The Balaban J connectivity index is 0.000000289. The van der Waals surface area contributed by atoms with Gasteiger partial charge in [0.15, 0.2) is 0 Å². The Morgan fingerprint density at radius 2 is 1.81 bits per heavy atom. The maximum Gasteiger partial charge on any atom is 0.490 e. The number of carboxylic acid groups (broad SMARTS) is 1. The molecule has 1 aliphatic heterocycles. The van der Waals surface area contributed by atoms with E-state index in [0.29, 0.717) is 19.0 Å². The molecule has 0 bridgehead atoms. The van der Waals surface area contributed by atoms with Gasteiger partial charge < -0.3 is 15.2 Å². The van der Waals surface area contributed by atoms with Gasteiger partial charge in [-0.2, -0.15) is 13.2 Å². The zero-order valence-corrected chi connectivity index (χ0v) is 16.6. The van der Waals surface area contributed by atoms with Crippen LogP contribution in [-0.4, -0.2) is 50.3 Å². The van der Waals surface area contributed by atoms with Crippen LogP contribution in [-0.2, 0) is 16.9 Å². The topological polar surface area (TPSA) is 89.4 Å². The molecule has 164 valence electrons. The van der Waals surface area contributed by atoms with Crippen molar-refractivity contribution in [3.63, 3.8) is 0 Å². The van der Waals surface area contributed by atoms with Gasteiger partial charge in [0, 0.05) is 37.4 Å². The number of aromatic nitrogens is 2. The SMILES string of the molecule is O=C(O)C(F)(F)F.OC1(c2cccc3ccccc23)CN(Cc2cnc(C3CC3)[nH]2)C1. The standard InChI is InChI=1S/C20H21N3O.C2HF3O2/c24-20(18-7-3-5-14-4-1-2-6-17(14)18)12-23(13-20)11-16-10-21-19(22-16)15-8-9-15;3-2(4,5)1(6)7/h1-7,10,15,24H,8-9,11-13H2,(H,21,22);(H,6,7). The summed E-state index contributed by atoms with van der Waals surface area (Å²) < 4.78 is 31.7. The number of nitrogens with one attached hydrogen (secondary N) is 1. The molecule has 3 aromatic rings. The summed E-state index contributed by atoms with van der Waals surface area (Å²) in [6, 6.07) is 14.5. The van der Waals surface area contributed by atoms with Gasteiger partial charge in [0.2, 0.25) is 0 Å². The van der Waals surface area contributed by atoms with Gasteiger partial charge in [0.05, 0.1) is 0 Å². The van der Waals surface area contributed by atoms with Crippen molar-refractivity contribution in [3.05, 3.63) is 65.7 Å². The van der Waals surface area contributed by atoms with Crippen molar-refractivity contribution in [2.75, 3.05) is 13.1 Å². The second kappa shape index (κ2) is 7.97. The molecular formula is C22H22F3N3O3. The van der Waals surface area contributed by atoms with Gasteiger partial charge >= 0.3 is 12.1 Å². The molecule has 2 heterocycles. The largest absolute Gasteiger partial charge is 0.490 e. The van der Waals surface area contributed by atoms with Crippen LogP contribution >= 0.6 is 0 Å². The third kappa shape index (κ3) is 4.72. The number of halogens is 3. The predicted molar refractivity (Wildman–Crippen MR) is 107 cm³/mol. The maximum absolute atomic E-state index is 11.1. The van der Waals surface area contributed by atoms with Gasteiger partial charge in [-0.25, -0.2) is 9.78 Å². The molecule has 1 aliphatic carbocycles. The number of aliphatic hydroxyl groups is 1. The minimum Gasteiger partial charge on any atom is -0.475 e. The van der Waals surface area contributed by atoms with Crippen molar-refractivity contribution in [2.24, 2.45) is 0 Å². The first-order chi connectivity index (χ1) is 14.7. The Morgan fingerprint density at radius 3 is 2.45 bits per heavy atom. The summed E-state index contributed by atoms with van der Waals surface area (Å²) in [7, 11) is 0. The number of carboxylic acids is 1. The summed E-state index contributed by atoms with van der Waals surface area (Å²) in [5.74, 6) is -0.968. The van der Waals surface area contributed by atoms with Crippen molar-refractivity contribution in [2.45, 2.75) is 37.1 Å². The average molecular weight is 433 g/mol. The summed E-state index contributed by atoms with van der Waals surface area (Å²) >= 11 is 0. The van der Waals surface area contributed by atoms with Crippen LogP contribution in [0.3, 0.4) is 0 Å². The number of β-amino-alcohol motifs (C(OH)–C–C–N with tert-alkyl or cyclic N) is 1. The Bertz CT molecular complexity index is 1080. The number of fused-ring (bicyclic) bond motifs is 1. The minimum absolute atomic E-state index is 0.655. The summed E-state index contributed by atoms with van der Waals surface area (Å²) in [5.41, 5.74) is 1.44. The molecule has 31 heavy (non-hydrogen) atoms. The number of rotatable bonds is 4. The third-order valence-corrected chi connectivity index (χ3v) is 5.51. The number of aliphatic carboxylic acids is 1. The fraction of sp³-hybridized carbons (Fsp3) is 0.364. The summed E-state index contributed by atoms with van der Waals surface area (Å²) in [6.45, 7) is 2.16. The molecule has 0 radical (unpaired) electrons. The number of carbonyl (C=O) groups is 1. The molecule has 2 fully saturated rings. The van der Waals surface area contributed by atoms with E-state index in [0.717, 1.165) is 29.0 Å². The van der Waals surface area contributed by atoms with E-state index in [4.69, 9.17) is 9.90 Å². The highest BCUT2D eigenvalue weighted by atomic mass is 19.4. The van der Waals surface area contributed by atoms with E-state index in [9.17, 15) is 18.3 Å². The third-order valence-electron chi connectivity index (χ3n) is 5.51. The first-order valence-electron chi connectivity index (χ1n) is 9.92. The van der Waals surface area contributed by atoms with E-state index in [1.165, 1.54) is 18.2 Å². The second-order valence-corrected chi connectivity index (χ2v) is 8.07. The molecule has 0 amide bonds. The quantitative estimate of drug-likeness (QED) is 0.583. The number of nitrogens with zero attached hydrogens (tertiary/aromatic N) is 2. The lowest BCUT2D eigenvalue weighted by atomic mass is 9.83. The first-order valence-corrected chi connectivity index (χ1v) is 9.92. The van der Waals surface area contributed by atoms with Gasteiger partial charge in [-0.3, -0.25) is 4.90 Å². The molecule has 6 nitrogen and oxygen atoms in total. The molecule has 2 aliphatic rings. The molecule has 1 saturated heterocycles. The normalized spacial score (nSPS) is 18.2. The van der Waals surface area contributed by atoms with Crippen LogP contribution < -0.4 is 0 Å². The van der Waals surface area contributed by atoms with Gasteiger partial charge in [-0.05, 0) is 29.2 Å². The zero-order chi connectivity index (χ0) is 22.2. The van der Waals surface area contributed by atoms with E-state index in [1.807, 2.05) is 24.4 Å². The lowest BCUT2D eigenvalue weighted by molar-refractivity contribution is -0.192. The maximum atomic E-state index is 11.1. The van der Waals surface area contributed by atoms with Gasteiger partial charge in [0.25, 0.3) is 0 Å². The molecule has 0 unspecified atom stereocenters. The predicted octanol–water partition coefficient (Wildman–Crippen LogP) is 3.78. The van der Waals surface area contributed by atoms with Crippen LogP contribution in [0.15, 0.2) is 48.7 Å². The van der Waals surface area contributed by atoms with Crippen LogP contribution in [0.2, 0.25) is 0 Å². The van der Waals surface area contributed by atoms with Crippen LogP contribution in [0.4, 0.5) is 13.2 Å². The van der Waals surface area contributed by atoms with E-state index in [2.05, 4.69) is 39.1 Å². The first kappa shape index (κ1) is 21.3. The van der Waals surface area contributed by atoms with E-state index in [-0.39, 0.29) is 0 Å². The molecule has 2 aromatic carbocycles. The number of benzene rings is 2. The summed E-state index contributed by atoms with van der Waals surface area (Å²) in [5, 5.41) is 20.5. The number of H-pyrrole nitrogens is 1. The van der Waals surface area contributed by atoms with Gasteiger partial charge in [-0.15, -0.1) is 0 Å². The Kier molecular flexibility index (Phi) is 5.49. The number of likely N-dealkylation sites (tertiary alicyclic amines) is 1. The molecule has 3 N–H and O–H groups in total. The Hall–Kier alpha value is -2.91. The van der Waals surface area contributed by atoms with Crippen molar-refractivity contribution >= 4 is 16.7 Å².